The van der Waals surface area contributed by atoms with E-state index < -0.39 is 5.67 Å². The molecule has 1 unspecified atom stereocenters. The van der Waals surface area contributed by atoms with E-state index in [2.05, 4.69) is 27.2 Å². The molecule has 2 aromatic rings. The number of aromatic amines is 1. The lowest BCUT2D eigenvalue weighted by molar-refractivity contribution is -0.129. The Bertz CT molecular complexity index is 952. The average molecular weight is 415 g/mol. The lowest BCUT2D eigenvalue weighted by Crippen LogP contribution is -2.49. The summed E-state index contributed by atoms with van der Waals surface area (Å²) in [6.07, 6.45) is 9.33. The number of carbonyl (C=O) groups is 1. The molecule has 0 aromatic carbocycles. The fourth-order valence-electron chi connectivity index (χ4n) is 4.33. The number of fused-ring (bicyclic) bond motifs is 1. The molecule has 1 aliphatic carbocycles. The Balaban J connectivity index is 1.50. The number of nitrogens with one attached hydrogen (secondary N) is 2. The Labute approximate surface area is 176 Å². The van der Waals surface area contributed by atoms with Crippen LogP contribution in [0.5, 0.6) is 0 Å². The van der Waals surface area contributed by atoms with Gasteiger partial charge in [0.2, 0.25) is 5.91 Å². The average Bonchev–Trinajstić information content (AvgIpc) is 3.11. The van der Waals surface area contributed by atoms with Crippen molar-refractivity contribution in [2.45, 2.75) is 56.8 Å². The van der Waals surface area contributed by atoms with E-state index in [1.807, 2.05) is 36.2 Å². The number of likely N-dealkylation sites (N-methyl/N-ethyl adjacent to an activating group) is 1. The Hall–Kier alpha value is -2.48. The van der Waals surface area contributed by atoms with Crippen LogP contribution in [0.25, 0.3) is 11.0 Å². The molecular formula is C22H31FN6O. The molecule has 1 saturated heterocycles. The van der Waals surface area contributed by atoms with Crippen LogP contribution in [0.4, 0.5) is 10.2 Å². The predicted octanol–water partition coefficient (Wildman–Crippen LogP) is 3.08. The van der Waals surface area contributed by atoms with Gasteiger partial charge in [-0.2, -0.15) is 0 Å². The lowest BCUT2D eigenvalue weighted by Gasteiger charge is -2.38. The maximum Gasteiger partial charge on any atom is 0.246 e. The molecule has 162 valence electrons. The van der Waals surface area contributed by atoms with Crippen molar-refractivity contribution in [3.05, 3.63) is 30.2 Å². The zero-order valence-electron chi connectivity index (χ0n) is 18.2. The first-order valence-electron chi connectivity index (χ1n) is 10.7. The van der Waals surface area contributed by atoms with E-state index in [4.69, 9.17) is 0 Å². The largest absolute Gasteiger partial charge is 0.365 e. The number of rotatable bonds is 6. The zero-order chi connectivity index (χ0) is 21.5. The van der Waals surface area contributed by atoms with Gasteiger partial charge < -0.3 is 20.1 Å². The monoisotopic (exact) mass is 414 g/mol. The van der Waals surface area contributed by atoms with Gasteiger partial charge in [-0.15, -0.1) is 0 Å². The standard InChI is InChI=1S/C22H31FN6O/c1-14-7-8-15(12-29(14)18(30)6-5-9-28(3)4)27-21-19-16(17-10-22(17,2)23)11-24-20(19)25-13-26-21/h5-6,11,13-15,17H,7-10,12H2,1-4H3,(H2,24,25,26,27)/b6-5+/t14-,15+,17+,22?/m0/s1. The van der Waals surface area contributed by atoms with E-state index in [0.29, 0.717) is 24.4 Å². The third-order valence-corrected chi connectivity index (χ3v) is 6.28. The number of hydrogen-bond donors (Lipinski definition) is 2. The molecule has 0 radical (unpaired) electrons. The van der Waals surface area contributed by atoms with Crippen molar-refractivity contribution < 1.29 is 9.18 Å². The summed E-state index contributed by atoms with van der Waals surface area (Å²) >= 11 is 0. The second-order valence-electron chi connectivity index (χ2n) is 9.15. The fraction of sp³-hybridized carbons (Fsp3) is 0.591. The van der Waals surface area contributed by atoms with Gasteiger partial charge in [-0.05, 0) is 52.8 Å². The molecule has 4 atom stereocenters. The highest BCUT2D eigenvalue weighted by Crippen LogP contribution is 2.56. The minimum Gasteiger partial charge on any atom is -0.365 e. The molecule has 8 heteroatoms. The van der Waals surface area contributed by atoms with Crippen molar-refractivity contribution in [2.24, 2.45) is 0 Å². The number of amides is 1. The third kappa shape index (κ3) is 4.19. The van der Waals surface area contributed by atoms with Gasteiger partial charge in [0, 0.05) is 43.4 Å². The summed E-state index contributed by atoms with van der Waals surface area (Å²) in [5.41, 5.74) is 0.487. The van der Waals surface area contributed by atoms with Crippen LogP contribution < -0.4 is 5.32 Å². The molecule has 2 N–H and O–H groups in total. The molecule has 0 bridgehead atoms. The minimum absolute atomic E-state index is 0.0391. The van der Waals surface area contributed by atoms with Gasteiger partial charge in [0.25, 0.3) is 0 Å². The Morgan fingerprint density at radius 2 is 2.20 bits per heavy atom. The first-order valence-corrected chi connectivity index (χ1v) is 10.7. The van der Waals surface area contributed by atoms with Gasteiger partial charge in [0.05, 0.1) is 5.39 Å². The molecule has 1 amide bonds. The first kappa shape index (κ1) is 20.8. The molecular weight excluding hydrogens is 383 g/mol. The number of likely N-dealkylation sites (tertiary alicyclic amines) is 1. The van der Waals surface area contributed by atoms with E-state index in [0.717, 1.165) is 30.3 Å². The minimum atomic E-state index is -1.16. The van der Waals surface area contributed by atoms with E-state index in [1.54, 1.807) is 13.0 Å². The van der Waals surface area contributed by atoms with E-state index in [9.17, 15) is 9.18 Å². The summed E-state index contributed by atoms with van der Waals surface area (Å²) < 4.78 is 14.4. The summed E-state index contributed by atoms with van der Waals surface area (Å²) in [7, 11) is 3.95. The van der Waals surface area contributed by atoms with Gasteiger partial charge in [0.15, 0.2) is 0 Å². The molecule has 30 heavy (non-hydrogen) atoms. The summed E-state index contributed by atoms with van der Waals surface area (Å²) in [6, 6.07) is 0.288. The highest BCUT2D eigenvalue weighted by molar-refractivity contribution is 5.91. The maximum absolute atomic E-state index is 14.4. The van der Waals surface area contributed by atoms with Crippen molar-refractivity contribution in [2.75, 3.05) is 32.5 Å². The number of halogens is 1. The second-order valence-corrected chi connectivity index (χ2v) is 9.15. The van der Waals surface area contributed by atoms with Gasteiger partial charge in [-0.1, -0.05) is 6.08 Å². The van der Waals surface area contributed by atoms with Crippen molar-refractivity contribution in [1.82, 2.24) is 24.8 Å². The smallest absolute Gasteiger partial charge is 0.246 e. The predicted molar refractivity (Wildman–Crippen MR) is 116 cm³/mol. The van der Waals surface area contributed by atoms with Crippen LogP contribution in [-0.2, 0) is 4.79 Å². The quantitative estimate of drug-likeness (QED) is 0.711. The number of anilines is 1. The molecule has 0 spiro atoms. The van der Waals surface area contributed by atoms with Crippen molar-refractivity contribution in [3.63, 3.8) is 0 Å². The molecule has 1 saturated carbocycles. The summed E-state index contributed by atoms with van der Waals surface area (Å²) in [5.74, 6) is 0.635. The van der Waals surface area contributed by atoms with E-state index in [-0.39, 0.29) is 23.9 Å². The third-order valence-electron chi connectivity index (χ3n) is 6.28. The van der Waals surface area contributed by atoms with Crippen LogP contribution in [0.2, 0.25) is 0 Å². The molecule has 2 aromatic heterocycles. The van der Waals surface area contributed by atoms with Crippen LogP contribution in [0.1, 0.15) is 44.6 Å². The number of nitrogens with zero attached hydrogens (tertiary/aromatic N) is 4. The second kappa shape index (κ2) is 7.98. The Morgan fingerprint density at radius 3 is 2.90 bits per heavy atom. The van der Waals surface area contributed by atoms with Crippen LogP contribution in [0, 0.1) is 0 Å². The number of piperidine rings is 1. The number of alkyl halides is 1. The SMILES string of the molecule is C[C@H]1CC[C@@H](Nc2ncnc3[nH]cc([C@H]4CC4(C)F)c23)CN1C(=O)/C=C/CN(C)C. The molecule has 3 heterocycles. The normalized spacial score (nSPS) is 29.1. The van der Waals surface area contributed by atoms with Gasteiger partial charge in [-0.25, -0.2) is 14.4 Å². The zero-order valence-corrected chi connectivity index (χ0v) is 18.2. The highest BCUT2D eigenvalue weighted by atomic mass is 19.1. The maximum atomic E-state index is 14.4. The van der Waals surface area contributed by atoms with Crippen molar-refractivity contribution >= 4 is 22.8 Å². The van der Waals surface area contributed by atoms with Crippen molar-refractivity contribution in [3.8, 4) is 0 Å². The summed E-state index contributed by atoms with van der Waals surface area (Å²) in [5, 5.41) is 4.39. The van der Waals surface area contributed by atoms with Crippen LogP contribution in [0.3, 0.4) is 0 Å². The number of H-pyrrole nitrogens is 1. The molecule has 4 rings (SSSR count). The molecule has 2 aliphatic rings. The van der Waals surface area contributed by atoms with Gasteiger partial charge in [0.1, 0.15) is 23.5 Å². The highest BCUT2D eigenvalue weighted by Gasteiger charge is 2.53. The number of aromatic nitrogens is 3. The van der Waals surface area contributed by atoms with Crippen LogP contribution >= 0.6 is 0 Å². The van der Waals surface area contributed by atoms with Crippen molar-refractivity contribution in [1.29, 1.82) is 0 Å². The Morgan fingerprint density at radius 1 is 1.43 bits per heavy atom. The Kier molecular flexibility index (Phi) is 5.53. The topological polar surface area (TPSA) is 77.1 Å². The van der Waals surface area contributed by atoms with Crippen LogP contribution in [-0.4, -0.2) is 75.6 Å². The molecule has 1 aliphatic heterocycles. The first-order chi connectivity index (χ1) is 14.3. The van der Waals surface area contributed by atoms with E-state index in [1.165, 1.54) is 6.33 Å². The molecule has 7 nitrogen and oxygen atoms in total. The number of carbonyl (C=O) groups excluding carboxylic acids is 1. The number of hydrogen-bond acceptors (Lipinski definition) is 5. The van der Waals surface area contributed by atoms with Gasteiger partial charge >= 0.3 is 0 Å². The van der Waals surface area contributed by atoms with Crippen LogP contribution in [0.15, 0.2) is 24.7 Å². The molecule has 2 fully saturated rings. The summed E-state index contributed by atoms with van der Waals surface area (Å²) in [4.78, 5) is 28.6. The fourth-order valence-corrected chi connectivity index (χ4v) is 4.33. The van der Waals surface area contributed by atoms with Gasteiger partial charge in [-0.3, -0.25) is 4.79 Å². The lowest BCUT2D eigenvalue weighted by atomic mass is 9.98. The van der Waals surface area contributed by atoms with E-state index >= 15 is 0 Å². The summed E-state index contributed by atoms with van der Waals surface area (Å²) in [6.45, 7) is 5.08.